The number of anilines is 1. The molecule has 124 valence electrons. The van der Waals surface area contributed by atoms with Crippen LogP contribution in [0.5, 0.6) is 0 Å². The fraction of sp³-hybridized carbons (Fsp3) is 0.250. The first-order valence-electron chi connectivity index (χ1n) is 5.60. The van der Waals surface area contributed by atoms with Crippen LogP contribution in [0.4, 0.5) is 32.0 Å². The second-order valence-corrected chi connectivity index (χ2v) is 3.97. The number of alkyl halides is 6. The first-order valence-corrected chi connectivity index (χ1v) is 5.60. The van der Waals surface area contributed by atoms with Gasteiger partial charge in [0.2, 0.25) is 5.71 Å². The van der Waals surface area contributed by atoms with Crippen molar-refractivity contribution in [2.75, 3.05) is 12.5 Å². The van der Waals surface area contributed by atoms with Crippen molar-refractivity contribution in [3.8, 4) is 6.07 Å². The van der Waals surface area contributed by atoms with Crippen LogP contribution in [0.15, 0.2) is 23.3 Å². The number of halogens is 6. The van der Waals surface area contributed by atoms with E-state index in [9.17, 15) is 31.1 Å². The van der Waals surface area contributed by atoms with Gasteiger partial charge in [-0.2, -0.15) is 36.7 Å². The van der Waals surface area contributed by atoms with Crippen molar-refractivity contribution in [3.63, 3.8) is 0 Å². The van der Waals surface area contributed by atoms with E-state index in [2.05, 4.69) is 9.84 Å². The number of nitriles is 1. The van der Waals surface area contributed by atoms with Crippen LogP contribution >= 0.6 is 0 Å². The molecule has 0 radical (unpaired) electrons. The van der Waals surface area contributed by atoms with E-state index in [0.29, 0.717) is 12.1 Å². The number of methoxy groups -OCH3 is 1. The molecule has 0 bridgehead atoms. The van der Waals surface area contributed by atoms with Gasteiger partial charge in [0.1, 0.15) is 6.07 Å². The summed E-state index contributed by atoms with van der Waals surface area (Å²) in [7, 11) is 0.918. The lowest BCUT2D eigenvalue weighted by Crippen LogP contribution is -2.16. The third-order valence-electron chi connectivity index (χ3n) is 2.37. The minimum Gasteiger partial charge on any atom is -0.464 e. The zero-order valence-electron chi connectivity index (χ0n) is 11.2. The third-order valence-corrected chi connectivity index (χ3v) is 2.37. The maximum Gasteiger partial charge on any atom is 0.416 e. The van der Waals surface area contributed by atoms with Gasteiger partial charge in [-0.25, -0.2) is 4.79 Å². The highest BCUT2D eigenvalue weighted by Gasteiger charge is 2.36. The lowest BCUT2D eigenvalue weighted by atomic mass is 10.1. The molecule has 0 saturated heterocycles. The Bertz CT molecular complexity index is 641. The highest BCUT2D eigenvalue weighted by atomic mass is 19.4. The zero-order valence-corrected chi connectivity index (χ0v) is 11.2. The van der Waals surface area contributed by atoms with Gasteiger partial charge in [0.05, 0.1) is 23.9 Å². The molecule has 11 heteroatoms. The van der Waals surface area contributed by atoms with Crippen molar-refractivity contribution in [1.29, 1.82) is 5.26 Å². The smallest absolute Gasteiger partial charge is 0.416 e. The third kappa shape index (κ3) is 4.87. The normalized spacial score (nSPS) is 12.5. The minimum atomic E-state index is -5.03. The molecule has 0 atom stereocenters. The van der Waals surface area contributed by atoms with Crippen molar-refractivity contribution in [2.24, 2.45) is 5.10 Å². The van der Waals surface area contributed by atoms with Crippen LogP contribution in [-0.4, -0.2) is 18.8 Å². The van der Waals surface area contributed by atoms with Crippen molar-refractivity contribution < 1.29 is 35.9 Å². The van der Waals surface area contributed by atoms with Crippen molar-refractivity contribution in [1.82, 2.24) is 0 Å². The number of ether oxygens (including phenoxy) is 1. The van der Waals surface area contributed by atoms with Crippen LogP contribution < -0.4 is 5.43 Å². The van der Waals surface area contributed by atoms with Gasteiger partial charge in [0.25, 0.3) is 0 Å². The Morgan fingerprint density at radius 1 is 1.13 bits per heavy atom. The maximum atomic E-state index is 12.6. The van der Waals surface area contributed by atoms with Gasteiger partial charge < -0.3 is 4.74 Å². The average Bonchev–Trinajstić information content (AvgIpc) is 2.45. The van der Waals surface area contributed by atoms with Gasteiger partial charge in [-0.3, -0.25) is 5.43 Å². The average molecular weight is 339 g/mol. The van der Waals surface area contributed by atoms with E-state index >= 15 is 0 Å². The first-order chi connectivity index (χ1) is 10.5. The Balaban J connectivity index is 3.29. The second kappa shape index (κ2) is 6.55. The summed E-state index contributed by atoms with van der Waals surface area (Å²) in [6.45, 7) is 0. The molecule has 0 saturated carbocycles. The Hall–Kier alpha value is -2.77. The first kappa shape index (κ1) is 18.3. The highest BCUT2D eigenvalue weighted by molar-refractivity contribution is 6.43. The number of hydrogen-bond donors (Lipinski definition) is 1. The molecule has 0 unspecified atom stereocenters. The van der Waals surface area contributed by atoms with Gasteiger partial charge in [-0.15, -0.1) is 0 Å². The lowest BCUT2D eigenvalue weighted by Gasteiger charge is -2.13. The Labute approximate surface area is 125 Å². The molecule has 0 aliphatic rings. The molecule has 1 N–H and O–H groups in total. The Morgan fingerprint density at radius 3 is 1.96 bits per heavy atom. The number of carbonyl (C=O) groups excluding carboxylic acids is 1. The fourth-order valence-electron chi connectivity index (χ4n) is 1.35. The standard InChI is InChI=1S/C12H7F6N3O2/c1-23-10(22)9(5-19)21-20-8-3-6(11(13,14)15)2-7(4-8)12(16,17)18/h2-4,20H,1H3/b21-9+. The molecule has 23 heavy (non-hydrogen) atoms. The van der Waals surface area contributed by atoms with Gasteiger partial charge in [0.15, 0.2) is 0 Å². The van der Waals surface area contributed by atoms with Crippen LogP contribution in [0.3, 0.4) is 0 Å². The number of carbonyl (C=O) groups is 1. The number of hydrogen-bond acceptors (Lipinski definition) is 5. The van der Waals surface area contributed by atoms with Crippen LogP contribution in [-0.2, 0) is 21.9 Å². The summed E-state index contributed by atoms with van der Waals surface area (Å²) < 4.78 is 79.9. The molecule has 1 aromatic rings. The van der Waals surface area contributed by atoms with Crippen LogP contribution in [0.25, 0.3) is 0 Å². The van der Waals surface area contributed by atoms with Crippen LogP contribution in [0.2, 0.25) is 0 Å². The van der Waals surface area contributed by atoms with Crippen LogP contribution in [0.1, 0.15) is 11.1 Å². The molecule has 0 fully saturated rings. The number of hydrazone groups is 1. The molecule has 0 heterocycles. The van der Waals surface area contributed by atoms with E-state index in [-0.39, 0.29) is 6.07 Å². The number of benzene rings is 1. The van der Waals surface area contributed by atoms with Gasteiger partial charge in [-0.05, 0) is 18.2 Å². The van der Waals surface area contributed by atoms with Crippen molar-refractivity contribution in [3.05, 3.63) is 29.3 Å². The summed E-state index contributed by atoms with van der Waals surface area (Å²) in [4.78, 5) is 11.0. The van der Waals surface area contributed by atoms with Crippen molar-refractivity contribution in [2.45, 2.75) is 12.4 Å². The van der Waals surface area contributed by atoms with E-state index < -0.39 is 40.8 Å². The van der Waals surface area contributed by atoms with Gasteiger partial charge in [0, 0.05) is 0 Å². The number of nitrogens with zero attached hydrogens (tertiary/aromatic N) is 2. The molecule has 1 rings (SSSR count). The summed E-state index contributed by atoms with van der Waals surface area (Å²) in [6, 6.07) is 1.92. The summed E-state index contributed by atoms with van der Waals surface area (Å²) in [5, 5.41) is 11.7. The highest BCUT2D eigenvalue weighted by Crippen LogP contribution is 2.37. The van der Waals surface area contributed by atoms with Crippen molar-refractivity contribution >= 4 is 17.4 Å². The Morgan fingerprint density at radius 2 is 1.61 bits per heavy atom. The van der Waals surface area contributed by atoms with Gasteiger partial charge in [-0.1, -0.05) is 0 Å². The molecular weight excluding hydrogens is 332 g/mol. The monoisotopic (exact) mass is 339 g/mol. The topological polar surface area (TPSA) is 74.5 Å². The quantitative estimate of drug-likeness (QED) is 0.397. The summed E-state index contributed by atoms with van der Waals surface area (Å²) in [5.41, 5.74) is -2.92. The van der Waals surface area contributed by atoms with E-state index in [1.165, 1.54) is 6.07 Å². The molecule has 1 aromatic carbocycles. The fourth-order valence-corrected chi connectivity index (χ4v) is 1.35. The summed E-state index contributed by atoms with van der Waals surface area (Å²) >= 11 is 0. The molecule has 0 aliphatic heterocycles. The zero-order chi connectivity index (χ0) is 17.8. The number of nitrogens with one attached hydrogen (secondary N) is 1. The van der Waals surface area contributed by atoms with E-state index in [1.807, 2.05) is 0 Å². The van der Waals surface area contributed by atoms with Crippen LogP contribution in [0, 0.1) is 11.3 Å². The van der Waals surface area contributed by atoms with E-state index in [0.717, 1.165) is 7.11 Å². The SMILES string of the molecule is COC(=O)/C(C#N)=N/Nc1cc(C(F)(F)F)cc(C(F)(F)F)c1. The maximum absolute atomic E-state index is 12.6. The predicted octanol–water partition coefficient (Wildman–Crippen LogP) is 3.19. The molecule has 0 spiro atoms. The number of rotatable bonds is 3. The lowest BCUT2D eigenvalue weighted by molar-refractivity contribution is -0.143. The molecule has 0 aromatic heterocycles. The summed E-state index contributed by atoms with van der Waals surface area (Å²) in [6.07, 6.45) is -10.1. The predicted molar refractivity (Wildman–Crippen MR) is 65.1 cm³/mol. The van der Waals surface area contributed by atoms with E-state index in [4.69, 9.17) is 5.26 Å². The van der Waals surface area contributed by atoms with E-state index in [1.54, 1.807) is 5.43 Å². The van der Waals surface area contributed by atoms with Gasteiger partial charge >= 0.3 is 18.3 Å². The minimum absolute atomic E-state index is 0.0690. The largest absolute Gasteiger partial charge is 0.464 e. The molecule has 0 aliphatic carbocycles. The molecular formula is C12H7F6N3O2. The molecule has 5 nitrogen and oxygen atoms in total. The summed E-state index contributed by atoms with van der Waals surface area (Å²) in [5.74, 6) is -1.21. The number of esters is 1. The second-order valence-electron chi connectivity index (χ2n) is 3.97. The molecule has 0 amide bonds. The Kier molecular flexibility index (Phi) is 5.21.